The highest BCUT2D eigenvalue weighted by Gasteiger charge is 2.29. The predicted octanol–water partition coefficient (Wildman–Crippen LogP) is 3.64. The van der Waals surface area contributed by atoms with Crippen molar-refractivity contribution in [3.63, 3.8) is 0 Å². The molecule has 1 aromatic rings. The summed E-state index contributed by atoms with van der Waals surface area (Å²) in [6.45, 7) is 2.96. The molecule has 112 valence electrons. The van der Waals surface area contributed by atoms with E-state index in [1.165, 1.54) is 16.9 Å². The maximum Gasteiger partial charge on any atom is 0.159 e. The molecule has 0 spiro atoms. The van der Waals surface area contributed by atoms with Gasteiger partial charge in [-0.15, -0.1) is 11.8 Å². The highest BCUT2D eigenvalue weighted by Crippen LogP contribution is 2.34. The molecule has 1 aliphatic heterocycles. The fourth-order valence-corrected chi connectivity index (χ4v) is 3.71. The average molecular weight is 296 g/mol. The maximum atomic E-state index is 5.94. The molecule has 2 atom stereocenters. The number of hydrogen-bond donors (Lipinski definition) is 0. The van der Waals surface area contributed by atoms with Gasteiger partial charge in [-0.05, 0) is 31.9 Å². The van der Waals surface area contributed by atoms with Gasteiger partial charge < -0.3 is 14.2 Å². The van der Waals surface area contributed by atoms with Gasteiger partial charge in [-0.3, -0.25) is 0 Å². The summed E-state index contributed by atoms with van der Waals surface area (Å²) in [7, 11) is 3.36. The van der Waals surface area contributed by atoms with Gasteiger partial charge in [0.05, 0.1) is 6.10 Å². The Morgan fingerprint density at radius 1 is 1.25 bits per heavy atom. The predicted molar refractivity (Wildman–Crippen MR) is 82.2 cm³/mol. The average Bonchev–Trinajstić information content (AvgIpc) is 2.48. The highest BCUT2D eigenvalue weighted by atomic mass is 32.2. The van der Waals surface area contributed by atoms with E-state index < -0.39 is 0 Å². The standard InChI is InChI=1S/C16H24O3S/c1-12-6-8-13(9-7-12)20-15-5-4-10-19-14(15)11-16(17-2)18-3/h6-9,14-16H,4-5,10-11H2,1-3H3. The Bertz CT molecular complexity index is 389. The van der Waals surface area contributed by atoms with Gasteiger partial charge in [-0.2, -0.15) is 0 Å². The monoisotopic (exact) mass is 296 g/mol. The lowest BCUT2D eigenvalue weighted by Gasteiger charge is -2.33. The van der Waals surface area contributed by atoms with Crippen LogP contribution in [0.2, 0.25) is 0 Å². The molecule has 1 saturated heterocycles. The first-order valence-electron chi connectivity index (χ1n) is 7.13. The summed E-state index contributed by atoms with van der Waals surface area (Å²) in [6.07, 6.45) is 3.11. The fraction of sp³-hybridized carbons (Fsp3) is 0.625. The van der Waals surface area contributed by atoms with E-state index in [9.17, 15) is 0 Å². The van der Waals surface area contributed by atoms with Crippen molar-refractivity contribution in [3.8, 4) is 0 Å². The number of thioether (sulfide) groups is 1. The van der Waals surface area contributed by atoms with Crippen LogP contribution in [0.15, 0.2) is 29.2 Å². The lowest BCUT2D eigenvalue weighted by atomic mass is 10.1. The van der Waals surface area contributed by atoms with Crippen LogP contribution in [-0.2, 0) is 14.2 Å². The Morgan fingerprint density at radius 3 is 2.60 bits per heavy atom. The first kappa shape index (κ1) is 15.8. The fourth-order valence-electron chi connectivity index (χ4n) is 2.44. The zero-order valence-corrected chi connectivity index (χ0v) is 13.3. The van der Waals surface area contributed by atoms with Gasteiger partial charge in [-0.25, -0.2) is 0 Å². The molecule has 0 aromatic heterocycles. The second kappa shape index (κ2) is 8.03. The summed E-state index contributed by atoms with van der Waals surface area (Å²) >= 11 is 1.91. The third-order valence-corrected chi connectivity index (χ3v) is 5.02. The molecule has 1 fully saturated rings. The van der Waals surface area contributed by atoms with Crippen LogP contribution >= 0.6 is 11.8 Å². The van der Waals surface area contributed by atoms with Crippen LogP contribution in [0, 0.1) is 6.92 Å². The zero-order chi connectivity index (χ0) is 14.4. The Balaban J connectivity index is 1.97. The lowest BCUT2D eigenvalue weighted by molar-refractivity contribution is -0.133. The molecule has 1 aliphatic rings. The van der Waals surface area contributed by atoms with Gasteiger partial charge >= 0.3 is 0 Å². The molecule has 0 saturated carbocycles. The molecule has 0 aliphatic carbocycles. The summed E-state index contributed by atoms with van der Waals surface area (Å²) in [6, 6.07) is 8.70. The minimum atomic E-state index is -0.181. The molecule has 1 heterocycles. The van der Waals surface area contributed by atoms with E-state index in [4.69, 9.17) is 14.2 Å². The summed E-state index contributed by atoms with van der Waals surface area (Å²) < 4.78 is 16.5. The first-order chi connectivity index (χ1) is 9.72. The van der Waals surface area contributed by atoms with E-state index in [2.05, 4.69) is 31.2 Å². The van der Waals surface area contributed by atoms with E-state index >= 15 is 0 Å². The van der Waals surface area contributed by atoms with E-state index in [0.29, 0.717) is 5.25 Å². The van der Waals surface area contributed by atoms with E-state index in [1.807, 2.05) is 11.8 Å². The first-order valence-corrected chi connectivity index (χ1v) is 8.01. The molecular weight excluding hydrogens is 272 g/mol. The molecule has 2 rings (SSSR count). The van der Waals surface area contributed by atoms with Gasteiger partial charge in [0.15, 0.2) is 6.29 Å². The SMILES string of the molecule is COC(CC1OCCCC1Sc1ccc(C)cc1)OC. The number of benzene rings is 1. The third-order valence-electron chi connectivity index (χ3n) is 3.64. The topological polar surface area (TPSA) is 27.7 Å². The lowest BCUT2D eigenvalue weighted by Crippen LogP contribution is -2.36. The number of aryl methyl sites for hydroxylation is 1. The van der Waals surface area contributed by atoms with Crippen LogP contribution in [-0.4, -0.2) is 38.5 Å². The van der Waals surface area contributed by atoms with Gasteiger partial charge in [0.25, 0.3) is 0 Å². The van der Waals surface area contributed by atoms with Crippen LogP contribution < -0.4 is 0 Å². The van der Waals surface area contributed by atoms with Crippen molar-refractivity contribution in [2.45, 2.75) is 48.7 Å². The molecule has 2 unspecified atom stereocenters. The molecule has 1 aromatic carbocycles. The van der Waals surface area contributed by atoms with Crippen LogP contribution in [0.4, 0.5) is 0 Å². The summed E-state index contributed by atoms with van der Waals surface area (Å²) in [5.74, 6) is 0. The Hall–Kier alpha value is -0.550. The Morgan fingerprint density at radius 2 is 1.95 bits per heavy atom. The van der Waals surface area contributed by atoms with Gasteiger partial charge in [-0.1, -0.05) is 17.7 Å². The van der Waals surface area contributed by atoms with E-state index in [0.717, 1.165) is 19.4 Å². The molecule has 0 amide bonds. The normalized spacial score (nSPS) is 23.2. The van der Waals surface area contributed by atoms with Crippen LogP contribution in [0.3, 0.4) is 0 Å². The summed E-state index contributed by atoms with van der Waals surface area (Å²) in [4.78, 5) is 1.31. The molecule has 0 N–H and O–H groups in total. The van der Waals surface area contributed by atoms with Crippen molar-refractivity contribution >= 4 is 11.8 Å². The van der Waals surface area contributed by atoms with Crippen molar-refractivity contribution in [2.24, 2.45) is 0 Å². The molecule has 0 bridgehead atoms. The van der Waals surface area contributed by atoms with Gasteiger partial charge in [0.2, 0.25) is 0 Å². The maximum absolute atomic E-state index is 5.94. The van der Waals surface area contributed by atoms with Crippen molar-refractivity contribution < 1.29 is 14.2 Å². The number of hydrogen-bond acceptors (Lipinski definition) is 4. The summed E-state index contributed by atoms with van der Waals surface area (Å²) in [5, 5.41) is 0.472. The molecule has 4 heteroatoms. The largest absolute Gasteiger partial charge is 0.377 e. The van der Waals surface area contributed by atoms with Crippen molar-refractivity contribution in [3.05, 3.63) is 29.8 Å². The Kier molecular flexibility index (Phi) is 6.36. The minimum absolute atomic E-state index is 0.181. The van der Waals surface area contributed by atoms with Crippen molar-refractivity contribution in [1.82, 2.24) is 0 Å². The third kappa shape index (κ3) is 4.48. The minimum Gasteiger partial charge on any atom is -0.377 e. The van der Waals surface area contributed by atoms with Crippen molar-refractivity contribution in [2.75, 3.05) is 20.8 Å². The smallest absolute Gasteiger partial charge is 0.159 e. The summed E-state index contributed by atoms with van der Waals surface area (Å²) in [5.41, 5.74) is 1.30. The highest BCUT2D eigenvalue weighted by molar-refractivity contribution is 8.00. The van der Waals surface area contributed by atoms with Crippen molar-refractivity contribution in [1.29, 1.82) is 0 Å². The quantitative estimate of drug-likeness (QED) is 0.749. The van der Waals surface area contributed by atoms with Crippen LogP contribution in [0.25, 0.3) is 0 Å². The second-order valence-electron chi connectivity index (χ2n) is 5.16. The number of rotatable bonds is 6. The van der Waals surface area contributed by atoms with E-state index in [1.54, 1.807) is 14.2 Å². The van der Waals surface area contributed by atoms with Gasteiger partial charge in [0.1, 0.15) is 0 Å². The Labute approximate surface area is 126 Å². The molecule has 0 radical (unpaired) electrons. The molecular formula is C16H24O3S. The van der Waals surface area contributed by atoms with E-state index in [-0.39, 0.29) is 12.4 Å². The van der Waals surface area contributed by atoms with Crippen LogP contribution in [0.5, 0.6) is 0 Å². The van der Waals surface area contributed by atoms with Gasteiger partial charge in [0, 0.05) is 37.4 Å². The zero-order valence-electron chi connectivity index (χ0n) is 12.5. The molecule has 20 heavy (non-hydrogen) atoms. The van der Waals surface area contributed by atoms with Crippen LogP contribution in [0.1, 0.15) is 24.8 Å². The number of ether oxygens (including phenoxy) is 3. The molecule has 3 nitrogen and oxygen atoms in total. The second-order valence-corrected chi connectivity index (χ2v) is 6.47. The number of methoxy groups -OCH3 is 2.